The molecule has 0 unspecified atom stereocenters. The van der Waals surface area contributed by atoms with Crippen LogP contribution in [-0.4, -0.2) is 19.6 Å². The van der Waals surface area contributed by atoms with Crippen molar-refractivity contribution in [1.29, 1.82) is 0 Å². The average molecular weight is 466 g/mol. The molecule has 0 saturated heterocycles. The summed E-state index contributed by atoms with van der Waals surface area (Å²) in [6.07, 6.45) is 0. The minimum atomic E-state index is 0.396. The van der Waals surface area contributed by atoms with E-state index in [0.29, 0.717) is 18.3 Å². The normalized spacial score (nSPS) is 14.3. The lowest BCUT2D eigenvalue weighted by molar-refractivity contribution is -0.178. The molecule has 2 aromatic heterocycles. The number of benzene rings is 2. The fourth-order valence-corrected chi connectivity index (χ4v) is 4.49. The fraction of sp³-hybridized carbons (Fsp3) is 0.304. The number of hydrogen-bond donors (Lipinski definition) is 1. The maximum atomic E-state index is 6.31. The minimum Gasteiger partial charge on any atom is -0.382 e. The summed E-state index contributed by atoms with van der Waals surface area (Å²) in [5, 5.41) is 3.05. The molecule has 7 heteroatoms. The second-order valence-corrected chi connectivity index (χ2v) is 9.14. The molecule has 6 nitrogen and oxygen atoms in total. The number of nitrogens with two attached hydrogens (primary N) is 1. The Bertz CT molecular complexity index is 1220. The van der Waals surface area contributed by atoms with Gasteiger partial charge in [-0.25, -0.2) is 9.97 Å². The Labute approximate surface area is 183 Å². The van der Waals surface area contributed by atoms with Crippen LogP contribution in [0.1, 0.15) is 30.8 Å². The molecule has 2 aromatic carbocycles. The zero-order valence-electron chi connectivity index (χ0n) is 17.1. The van der Waals surface area contributed by atoms with Gasteiger partial charge in [0.2, 0.25) is 0 Å². The van der Waals surface area contributed by atoms with E-state index in [4.69, 9.17) is 15.6 Å². The van der Waals surface area contributed by atoms with Crippen molar-refractivity contribution in [2.45, 2.75) is 40.1 Å². The molecule has 154 valence electrons. The van der Waals surface area contributed by atoms with Crippen molar-refractivity contribution in [2.24, 2.45) is 5.92 Å². The average Bonchev–Trinajstić information content (AvgIpc) is 3.27. The largest absolute Gasteiger partial charge is 0.382 e. The molecule has 0 amide bonds. The van der Waals surface area contributed by atoms with Gasteiger partial charge in [0.15, 0.2) is 5.82 Å². The van der Waals surface area contributed by atoms with E-state index in [1.807, 2.05) is 17.2 Å². The molecule has 0 atom stereocenters. The third-order valence-corrected chi connectivity index (χ3v) is 5.97. The first kappa shape index (κ1) is 19.5. The van der Waals surface area contributed by atoms with E-state index in [-0.39, 0.29) is 0 Å². The van der Waals surface area contributed by atoms with E-state index in [1.54, 1.807) is 0 Å². The molecule has 30 heavy (non-hydrogen) atoms. The van der Waals surface area contributed by atoms with Crippen LogP contribution in [0.5, 0.6) is 0 Å². The smallest absolute Gasteiger partial charge is 0.152 e. The lowest BCUT2D eigenvalue weighted by atomic mass is 10.1. The summed E-state index contributed by atoms with van der Waals surface area (Å²) < 4.78 is 3.23. The summed E-state index contributed by atoms with van der Waals surface area (Å²) in [5.74, 6) is 1.78. The Hall–Kier alpha value is -2.48. The van der Waals surface area contributed by atoms with Crippen molar-refractivity contribution < 1.29 is 4.84 Å². The summed E-state index contributed by atoms with van der Waals surface area (Å²) in [7, 11) is 0. The standard InChI is InChI=1S/C23H24BrN5O/c1-14(2)10-29-20(13-30-28-11-15-5-3-4-6-16(15)12-28)27-21-22(29)18-8-7-17(24)9-19(18)26-23(21)25/h3-9,14H,10-13H2,1-2H3,(H2,25,26). The third-order valence-electron chi connectivity index (χ3n) is 5.48. The van der Waals surface area contributed by atoms with Gasteiger partial charge in [-0.1, -0.05) is 54.0 Å². The predicted octanol–water partition coefficient (Wildman–Crippen LogP) is 5.03. The second-order valence-electron chi connectivity index (χ2n) is 8.23. The molecule has 0 aliphatic carbocycles. The molecule has 2 N–H and O–H groups in total. The van der Waals surface area contributed by atoms with Crippen LogP contribution in [0, 0.1) is 5.92 Å². The number of anilines is 1. The van der Waals surface area contributed by atoms with Crippen LogP contribution in [0.15, 0.2) is 46.9 Å². The highest BCUT2D eigenvalue weighted by atomic mass is 79.9. The van der Waals surface area contributed by atoms with Crippen molar-refractivity contribution in [3.63, 3.8) is 0 Å². The first-order chi connectivity index (χ1) is 14.5. The van der Waals surface area contributed by atoms with Gasteiger partial charge in [-0.15, -0.1) is 0 Å². The summed E-state index contributed by atoms with van der Waals surface area (Å²) in [5.41, 5.74) is 11.6. The van der Waals surface area contributed by atoms with Crippen LogP contribution in [0.2, 0.25) is 0 Å². The van der Waals surface area contributed by atoms with Crippen molar-refractivity contribution >= 4 is 43.7 Å². The molecular formula is C23H24BrN5O. The molecule has 0 fully saturated rings. The van der Waals surface area contributed by atoms with E-state index in [0.717, 1.165) is 51.9 Å². The minimum absolute atomic E-state index is 0.396. The predicted molar refractivity (Wildman–Crippen MR) is 122 cm³/mol. The maximum Gasteiger partial charge on any atom is 0.152 e. The molecule has 1 aliphatic heterocycles. The zero-order valence-corrected chi connectivity index (χ0v) is 18.7. The highest BCUT2D eigenvalue weighted by Gasteiger charge is 2.22. The number of nitrogens with zero attached hydrogens (tertiary/aromatic N) is 4. The van der Waals surface area contributed by atoms with Gasteiger partial charge in [-0.3, -0.25) is 4.84 Å². The van der Waals surface area contributed by atoms with Crippen LogP contribution >= 0.6 is 15.9 Å². The number of aromatic nitrogens is 3. The van der Waals surface area contributed by atoms with Gasteiger partial charge in [-0.2, -0.15) is 5.06 Å². The van der Waals surface area contributed by atoms with Gasteiger partial charge in [0.25, 0.3) is 0 Å². The van der Waals surface area contributed by atoms with Crippen LogP contribution in [-0.2, 0) is 31.1 Å². The number of hydrogen-bond acceptors (Lipinski definition) is 5. The molecule has 0 bridgehead atoms. The topological polar surface area (TPSA) is 69.2 Å². The van der Waals surface area contributed by atoms with Crippen molar-refractivity contribution in [2.75, 3.05) is 5.73 Å². The zero-order chi connectivity index (χ0) is 20.8. The molecule has 3 heterocycles. The Morgan fingerprint density at radius 2 is 1.83 bits per heavy atom. The van der Waals surface area contributed by atoms with Crippen molar-refractivity contribution in [1.82, 2.24) is 19.6 Å². The SMILES string of the molecule is CC(C)Cn1c(CON2Cc3ccccc3C2)nc2c(N)nc3cc(Br)ccc3c21. The Balaban J connectivity index is 1.53. The Morgan fingerprint density at radius 3 is 2.53 bits per heavy atom. The highest BCUT2D eigenvalue weighted by Crippen LogP contribution is 2.31. The van der Waals surface area contributed by atoms with E-state index >= 15 is 0 Å². The summed E-state index contributed by atoms with van der Waals surface area (Å²) >= 11 is 3.53. The maximum absolute atomic E-state index is 6.31. The molecule has 1 aliphatic rings. The van der Waals surface area contributed by atoms with Crippen LogP contribution < -0.4 is 5.73 Å². The van der Waals surface area contributed by atoms with E-state index < -0.39 is 0 Å². The first-order valence-corrected chi connectivity index (χ1v) is 11.0. The molecule has 4 aromatic rings. The Morgan fingerprint density at radius 1 is 1.10 bits per heavy atom. The monoisotopic (exact) mass is 465 g/mol. The van der Waals surface area contributed by atoms with Gasteiger partial charge < -0.3 is 10.3 Å². The highest BCUT2D eigenvalue weighted by molar-refractivity contribution is 9.10. The van der Waals surface area contributed by atoms with Crippen LogP contribution in [0.25, 0.3) is 21.9 Å². The number of fused-ring (bicyclic) bond motifs is 4. The van der Waals surface area contributed by atoms with Gasteiger partial charge in [0.1, 0.15) is 17.9 Å². The third kappa shape index (κ3) is 3.47. The van der Waals surface area contributed by atoms with E-state index in [1.165, 1.54) is 11.1 Å². The number of halogens is 1. The molecule has 5 rings (SSSR count). The Kier molecular flexibility index (Phi) is 4.97. The van der Waals surface area contributed by atoms with E-state index in [2.05, 4.69) is 69.7 Å². The lowest BCUT2D eigenvalue weighted by Crippen LogP contribution is -2.19. The van der Waals surface area contributed by atoms with Crippen molar-refractivity contribution in [3.8, 4) is 0 Å². The fourth-order valence-electron chi connectivity index (χ4n) is 4.15. The summed E-state index contributed by atoms with van der Waals surface area (Å²) in [4.78, 5) is 15.6. The molecule has 0 saturated carbocycles. The van der Waals surface area contributed by atoms with Crippen LogP contribution in [0.4, 0.5) is 5.82 Å². The summed E-state index contributed by atoms with van der Waals surface area (Å²) in [6, 6.07) is 14.6. The van der Waals surface area contributed by atoms with Gasteiger partial charge in [-0.05, 0) is 35.2 Å². The van der Waals surface area contributed by atoms with Gasteiger partial charge >= 0.3 is 0 Å². The number of imidazole rings is 1. The first-order valence-electron chi connectivity index (χ1n) is 10.2. The number of hydroxylamine groups is 2. The number of rotatable bonds is 5. The summed E-state index contributed by atoms with van der Waals surface area (Å²) in [6.45, 7) is 7.23. The number of pyridine rings is 1. The van der Waals surface area contributed by atoms with Crippen LogP contribution in [0.3, 0.4) is 0 Å². The quantitative estimate of drug-likeness (QED) is 0.447. The molecule has 0 radical (unpaired) electrons. The van der Waals surface area contributed by atoms with Crippen molar-refractivity contribution in [3.05, 3.63) is 63.9 Å². The van der Waals surface area contributed by atoms with Gasteiger partial charge in [0, 0.05) is 29.5 Å². The van der Waals surface area contributed by atoms with E-state index in [9.17, 15) is 0 Å². The van der Waals surface area contributed by atoms with Gasteiger partial charge in [0.05, 0.1) is 11.0 Å². The lowest BCUT2D eigenvalue weighted by Gasteiger charge is -2.17. The molecule has 0 spiro atoms. The number of nitrogen functional groups attached to an aromatic ring is 1. The molecular weight excluding hydrogens is 442 g/mol. The second kappa shape index (κ2) is 7.65.